The fourth-order valence-electron chi connectivity index (χ4n) is 9.57. The van der Waals surface area contributed by atoms with Crippen molar-refractivity contribution in [2.75, 3.05) is 0 Å². The van der Waals surface area contributed by atoms with Crippen LogP contribution in [0.3, 0.4) is 0 Å². The smallest absolute Gasteiger partial charge is 0.0726 e. The predicted molar refractivity (Wildman–Crippen MR) is 193 cm³/mol. The van der Waals surface area contributed by atoms with Crippen LogP contribution in [0.25, 0.3) is 42.4 Å². The minimum Gasteiger partial charge on any atom is -0.135 e. The van der Waals surface area contributed by atoms with E-state index in [1.54, 1.807) is 0 Å². The number of halogens is 1. The molecule has 1 heterocycles. The minimum absolute atomic E-state index is 0.439. The SMILES string of the molecule is Clc1ccc2c(c1)-c1ccc3sc4ccccc4c3c1C21c2ccccc2C2(c3ccccc3-c3ccccc32)c2ccccc21. The van der Waals surface area contributed by atoms with Gasteiger partial charge in [0.2, 0.25) is 0 Å². The molecule has 7 aromatic carbocycles. The summed E-state index contributed by atoms with van der Waals surface area (Å²) in [7, 11) is 0. The van der Waals surface area contributed by atoms with Gasteiger partial charge in [-0.05, 0) is 91.0 Å². The van der Waals surface area contributed by atoms with Crippen LogP contribution >= 0.6 is 22.9 Å². The van der Waals surface area contributed by atoms with Gasteiger partial charge in [-0.2, -0.15) is 0 Å². The second-order valence-electron chi connectivity index (χ2n) is 12.8. The number of hydrogen-bond acceptors (Lipinski definition) is 1. The van der Waals surface area contributed by atoms with E-state index in [2.05, 4.69) is 152 Å². The molecule has 2 spiro atoms. The summed E-state index contributed by atoms with van der Waals surface area (Å²) in [4.78, 5) is 0. The van der Waals surface area contributed by atoms with Gasteiger partial charge in [-0.15, -0.1) is 11.3 Å². The number of benzene rings is 7. The second kappa shape index (κ2) is 8.65. The maximum Gasteiger partial charge on any atom is 0.0726 e. The van der Waals surface area contributed by atoms with Crippen LogP contribution in [0.2, 0.25) is 5.02 Å². The van der Waals surface area contributed by atoms with Crippen LogP contribution in [-0.2, 0) is 10.8 Å². The number of thiophene rings is 1. The van der Waals surface area contributed by atoms with Gasteiger partial charge in [-0.1, -0.05) is 139 Å². The lowest BCUT2D eigenvalue weighted by molar-refractivity contribution is 0.635. The van der Waals surface area contributed by atoms with Crippen molar-refractivity contribution in [3.63, 3.8) is 0 Å². The summed E-state index contributed by atoms with van der Waals surface area (Å²) in [5.74, 6) is 0. The van der Waals surface area contributed by atoms with Crippen LogP contribution in [0.4, 0.5) is 0 Å². The van der Waals surface area contributed by atoms with Gasteiger partial charge in [-0.25, -0.2) is 0 Å². The molecule has 0 saturated heterocycles. The summed E-state index contributed by atoms with van der Waals surface area (Å²) in [6, 6.07) is 56.9. The molecule has 11 rings (SSSR count). The molecule has 8 aromatic rings. The molecule has 0 N–H and O–H groups in total. The molecule has 0 saturated carbocycles. The van der Waals surface area contributed by atoms with Gasteiger partial charge in [-0.3, -0.25) is 0 Å². The molecule has 0 bridgehead atoms. The largest absolute Gasteiger partial charge is 0.135 e. The third kappa shape index (κ3) is 2.72. The Morgan fingerprint density at radius 1 is 0.391 bits per heavy atom. The minimum atomic E-state index is -0.524. The molecule has 0 fully saturated rings. The summed E-state index contributed by atoms with van der Waals surface area (Å²) in [6.45, 7) is 0. The molecule has 2 heteroatoms. The Balaban J connectivity index is 1.40. The fourth-order valence-corrected chi connectivity index (χ4v) is 10.9. The Kier molecular flexibility index (Phi) is 4.75. The predicted octanol–water partition coefficient (Wildman–Crippen LogP) is 11.7. The Bertz CT molecular complexity index is 2530. The Labute approximate surface area is 276 Å². The van der Waals surface area contributed by atoms with E-state index in [9.17, 15) is 0 Å². The van der Waals surface area contributed by atoms with E-state index in [0.29, 0.717) is 0 Å². The lowest BCUT2D eigenvalue weighted by atomic mass is 9.52. The van der Waals surface area contributed by atoms with Crippen molar-refractivity contribution in [1.29, 1.82) is 0 Å². The number of fused-ring (bicyclic) bond motifs is 20. The third-order valence-electron chi connectivity index (χ3n) is 11.0. The number of rotatable bonds is 0. The maximum atomic E-state index is 6.82. The standard InChI is InChI=1S/C44H25ClS/c45-26-21-23-34-31(25-26)29-22-24-40-41(30-13-3-10-20-39(30)46-40)42(29)44(34)37-18-8-6-16-35(37)43(36-17-7-9-19-38(36)44)32-14-4-1-11-27(32)28-12-2-5-15-33(28)43/h1-25H. The molecule has 1 aromatic heterocycles. The summed E-state index contributed by atoms with van der Waals surface area (Å²) < 4.78 is 2.65. The van der Waals surface area contributed by atoms with Crippen LogP contribution in [0, 0.1) is 0 Å². The van der Waals surface area contributed by atoms with Crippen LogP contribution < -0.4 is 0 Å². The van der Waals surface area contributed by atoms with Gasteiger partial charge in [0, 0.05) is 25.2 Å². The van der Waals surface area contributed by atoms with E-state index in [4.69, 9.17) is 11.6 Å². The highest BCUT2D eigenvalue weighted by molar-refractivity contribution is 7.25. The molecule has 0 radical (unpaired) electrons. The van der Waals surface area contributed by atoms with Gasteiger partial charge < -0.3 is 0 Å². The van der Waals surface area contributed by atoms with Gasteiger partial charge in [0.1, 0.15) is 0 Å². The van der Waals surface area contributed by atoms with Crippen LogP contribution in [0.15, 0.2) is 152 Å². The van der Waals surface area contributed by atoms with Crippen molar-refractivity contribution >= 4 is 43.1 Å². The summed E-state index contributed by atoms with van der Waals surface area (Å²) in [5.41, 5.74) is 15.0. The Morgan fingerprint density at radius 2 is 0.913 bits per heavy atom. The second-order valence-corrected chi connectivity index (χ2v) is 14.4. The first-order chi connectivity index (χ1) is 22.7. The van der Waals surface area contributed by atoms with Crippen molar-refractivity contribution < 1.29 is 0 Å². The van der Waals surface area contributed by atoms with E-state index in [0.717, 1.165) is 5.02 Å². The van der Waals surface area contributed by atoms with Crippen molar-refractivity contribution in [2.24, 2.45) is 0 Å². The highest BCUT2D eigenvalue weighted by Gasteiger charge is 2.59. The average molecular weight is 621 g/mol. The van der Waals surface area contributed by atoms with E-state index in [-0.39, 0.29) is 0 Å². The van der Waals surface area contributed by atoms with Crippen molar-refractivity contribution in [3.8, 4) is 22.3 Å². The Hall–Kier alpha value is -4.95. The third-order valence-corrected chi connectivity index (χ3v) is 12.4. The van der Waals surface area contributed by atoms with Gasteiger partial charge >= 0.3 is 0 Å². The monoisotopic (exact) mass is 620 g/mol. The molecule has 0 nitrogen and oxygen atoms in total. The normalized spacial score (nSPS) is 15.4. The molecule has 0 aliphatic heterocycles. The van der Waals surface area contributed by atoms with Crippen molar-refractivity contribution in [1.82, 2.24) is 0 Å². The van der Waals surface area contributed by atoms with Gasteiger partial charge in [0.05, 0.1) is 10.8 Å². The van der Waals surface area contributed by atoms with Crippen molar-refractivity contribution in [2.45, 2.75) is 10.8 Å². The molecule has 46 heavy (non-hydrogen) atoms. The molecule has 0 unspecified atom stereocenters. The molecule has 3 aliphatic carbocycles. The first-order valence-corrected chi connectivity index (χ1v) is 17.1. The van der Waals surface area contributed by atoms with Gasteiger partial charge in [0.25, 0.3) is 0 Å². The van der Waals surface area contributed by atoms with Crippen LogP contribution in [-0.4, -0.2) is 0 Å². The molecule has 3 aliphatic rings. The van der Waals surface area contributed by atoms with Gasteiger partial charge in [0.15, 0.2) is 0 Å². The molecular weight excluding hydrogens is 596 g/mol. The zero-order valence-corrected chi connectivity index (χ0v) is 26.3. The van der Waals surface area contributed by atoms with E-state index >= 15 is 0 Å². The quantitative estimate of drug-likeness (QED) is 0.158. The molecular formula is C44H25ClS. The lowest BCUT2D eigenvalue weighted by Gasteiger charge is -2.49. The summed E-state index contributed by atoms with van der Waals surface area (Å²) in [6.07, 6.45) is 0. The summed E-state index contributed by atoms with van der Waals surface area (Å²) in [5, 5.41) is 3.45. The first-order valence-electron chi connectivity index (χ1n) is 15.9. The molecule has 0 atom stereocenters. The molecule has 214 valence electrons. The topological polar surface area (TPSA) is 0 Å². The average Bonchev–Trinajstić information content (AvgIpc) is 3.73. The summed E-state index contributed by atoms with van der Waals surface area (Å²) >= 11 is 8.72. The maximum absolute atomic E-state index is 6.82. The van der Waals surface area contributed by atoms with Crippen molar-refractivity contribution in [3.05, 3.63) is 201 Å². The zero-order chi connectivity index (χ0) is 30.2. The Morgan fingerprint density at radius 3 is 1.57 bits per heavy atom. The van der Waals surface area contributed by atoms with Crippen LogP contribution in [0.5, 0.6) is 0 Å². The highest BCUT2D eigenvalue weighted by atomic mass is 35.5. The number of hydrogen-bond donors (Lipinski definition) is 0. The lowest BCUT2D eigenvalue weighted by Crippen LogP contribution is -2.43. The molecule has 0 amide bonds. The van der Waals surface area contributed by atoms with E-state index in [1.807, 2.05) is 11.3 Å². The van der Waals surface area contributed by atoms with Crippen LogP contribution in [0.1, 0.15) is 44.5 Å². The van der Waals surface area contributed by atoms with E-state index in [1.165, 1.54) is 86.9 Å². The van der Waals surface area contributed by atoms with E-state index < -0.39 is 10.8 Å². The highest BCUT2D eigenvalue weighted by Crippen LogP contribution is 2.68. The fraction of sp³-hybridized carbons (Fsp3) is 0.0455. The zero-order valence-electron chi connectivity index (χ0n) is 24.7. The first kappa shape index (κ1) is 25.3.